The molecule has 0 bridgehead atoms. The Balaban J connectivity index is 1.56. The van der Waals surface area contributed by atoms with Gasteiger partial charge in [-0.1, -0.05) is 47.7 Å². The number of aromatic nitrogens is 1. The highest BCUT2D eigenvalue weighted by Crippen LogP contribution is 2.30. The zero-order chi connectivity index (χ0) is 28.4. The Morgan fingerprint density at radius 3 is 2.50 bits per heavy atom. The molecule has 0 spiro atoms. The van der Waals surface area contributed by atoms with Crippen molar-refractivity contribution in [2.75, 3.05) is 14.2 Å². The number of carbonyl (C=O) groups excluding carboxylic acids is 1. The van der Waals surface area contributed by atoms with E-state index in [4.69, 9.17) is 14.2 Å². The number of halogens is 2. The number of esters is 1. The van der Waals surface area contributed by atoms with Gasteiger partial charge in [0.2, 0.25) is 0 Å². The number of thiazole rings is 1. The molecule has 2 heterocycles. The molecule has 10 heteroatoms. The van der Waals surface area contributed by atoms with Crippen LogP contribution in [-0.4, -0.2) is 24.8 Å². The Morgan fingerprint density at radius 1 is 1.05 bits per heavy atom. The van der Waals surface area contributed by atoms with Gasteiger partial charge < -0.3 is 14.2 Å². The summed E-state index contributed by atoms with van der Waals surface area (Å²) in [6.45, 7) is 1.67. The summed E-state index contributed by atoms with van der Waals surface area (Å²) in [4.78, 5) is 31.5. The van der Waals surface area contributed by atoms with E-state index in [0.29, 0.717) is 37.5 Å². The van der Waals surface area contributed by atoms with Crippen LogP contribution in [0.15, 0.2) is 87.8 Å². The highest BCUT2D eigenvalue weighted by Gasteiger charge is 2.32. The third kappa shape index (κ3) is 5.17. The molecule has 1 aliphatic heterocycles. The molecule has 0 amide bonds. The smallest absolute Gasteiger partial charge is 0.338 e. The van der Waals surface area contributed by atoms with Crippen LogP contribution in [0.3, 0.4) is 0 Å². The average Bonchev–Trinajstić information content (AvgIpc) is 3.25. The number of carbonyl (C=O) groups is 1. The summed E-state index contributed by atoms with van der Waals surface area (Å²) in [5, 5.41) is 0. The lowest BCUT2D eigenvalue weighted by Crippen LogP contribution is -2.39. The van der Waals surface area contributed by atoms with Crippen molar-refractivity contribution in [2.24, 2.45) is 4.99 Å². The van der Waals surface area contributed by atoms with E-state index in [9.17, 15) is 18.4 Å². The fraction of sp³-hybridized carbons (Fsp3) is 0.167. The Hall–Kier alpha value is -4.57. The maximum atomic E-state index is 14.1. The Labute approximate surface area is 231 Å². The van der Waals surface area contributed by atoms with E-state index in [0.717, 1.165) is 17.7 Å². The summed E-state index contributed by atoms with van der Waals surface area (Å²) in [6, 6.07) is 16.9. The fourth-order valence-corrected chi connectivity index (χ4v) is 5.59. The number of fused-ring (bicyclic) bond motifs is 1. The summed E-state index contributed by atoms with van der Waals surface area (Å²) in [7, 11) is 2.80. The Kier molecular flexibility index (Phi) is 7.61. The second kappa shape index (κ2) is 11.3. The minimum Gasteiger partial charge on any atom is -0.496 e. The van der Waals surface area contributed by atoms with Crippen LogP contribution >= 0.6 is 11.3 Å². The van der Waals surface area contributed by atoms with Crippen molar-refractivity contribution in [1.82, 2.24) is 4.57 Å². The molecule has 0 fully saturated rings. The fourth-order valence-electron chi connectivity index (χ4n) is 4.54. The highest BCUT2D eigenvalue weighted by atomic mass is 32.1. The molecular formula is C30H24F2N2O5S. The third-order valence-electron chi connectivity index (χ3n) is 6.42. The van der Waals surface area contributed by atoms with E-state index in [1.165, 1.54) is 36.2 Å². The maximum absolute atomic E-state index is 14.1. The van der Waals surface area contributed by atoms with Crippen molar-refractivity contribution in [3.05, 3.63) is 126 Å². The molecule has 4 aromatic rings. The molecular weight excluding hydrogens is 538 g/mol. The van der Waals surface area contributed by atoms with Gasteiger partial charge in [-0.15, -0.1) is 0 Å². The van der Waals surface area contributed by atoms with E-state index < -0.39 is 23.6 Å². The van der Waals surface area contributed by atoms with Gasteiger partial charge >= 0.3 is 5.97 Å². The number of rotatable bonds is 7. The molecule has 1 unspecified atom stereocenters. The van der Waals surface area contributed by atoms with Crippen molar-refractivity contribution in [2.45, 2.75) is 19.6 Å². The van der Waals surface area contributed by atoms with Gasteiger partial charge in [-0.3, -0.25) is 9.36 Å². The molecule has 5 rings (SSSR count). The van der Waals surface area contributed by atoms with Crippen LogP contribution < -0.4 is 24.4 Å². The first-order valence-electron chi connectivity index (χ1n) is 12.2. The Morgan fingerprint density at radius 2 is 1.80 bits per heavy atom. The SMILES string of the molecule is COC(=O)C1=C(C)N=c2s/c(=C\c3ccc(OC)c(COc4ccc(F)cc4F)c3)c(=O)n2C1c1ccccc1. The number of hydrogen-bond donors (Lipinski definition) is 0. The molecule has 1 aromatic heterocycles. The topological polar surface area (TPSA) is 79.1 Å². The average molecular weight is 563 g/mol. The predicted octanol–water partition coefficient (Wildman–Crippen LogP) is 4.27. The van der Waals surface area contributed by atoms with Gasteiger partial charge in [-0.25, -0.2) is 18.6 Å². The van der Waals surface area contributed by atoms with Gasteiger partial charge in [-0.05, 0) is 48.4 Å². The number of nitrogens with zero attached hydrogens (tertiary/aromatic N) is 2. The summed E-state index contributed by atoms with van der Waals surface area (Å²) in [5.41, 5.74) is 2.48. The van der Waals surface area contributed by atoms with Gasteiger partial charge in [-0.2, -0.15) is 0 Å². The molecule has 3 aromatic carbocycles. The van der Waals surface area contributed by atoms with Gasteiger partial charge in [0.05, 0.1) is 36.1 Å². The van der Waals surface area contributed by atoms with E-state index in [-0.39, 0.29) is 17.9 Å². The molecule has 40 heavy (non-hydrogen) atoms. The lowest BCUT2D eigenvalue weighted by Gasteiger charge is -2.24. The summed E-state index contributed by atoms with van der Waals surface area (Å²) >= 11 is 1.20. The first-order valence-corrected chi connectivity index (χ1v) is 13.0. The molecule has 0 saturated heterocycles. The molecule has 0 saturated carbocycles. The first-order chi connectivity index (χ1) is 19.3. The minimum atomic E-state index is -0.814. The van der Waals surface area contributed by atoms with Crippen LogP contribution in [0, 0.1) is 11.6 Å². The van der Waals surface area contributed by atoms with Crippen molar-refractivity contribution in [3.63, 3.8) is 0 Å². The molecule has 0 aliphatic carbocycles. The zero-order valence-corrected chi connectivity index (χ0v) is 22.6. The van der Waals surface area contributed by atoms with Crippen LogP contribution in [0.5, 0.6) is 11.5 Å². The predicted molar refractivity (Wildman–Crippen MR) is 146 cm³/mol. The van der Waals surface area contributed by atoms with Crippen LogP contribution in [0.25, 0.3) is 6.08 Å². The third-order valence-corrected chi connectivity index (χ3v) is 7.40. The number of ether oxygens (including phenoxy) is 3. The molecule has 0 radical (unpaired) electrons. The quantitative estimate of drug-likeness (QED) is 0.315. The highest BCUT2D eigenvalue weighted by molar-refractivity contribution is 7.07. The van der Waals surface area contributed by atoms with Gasteiger partial charge in [0.15, 0.2) is 16.4 Å². The van der Waals surface area contributed by atoms with Crippen molar-refractivity contribution >= 4 is 23.4 Å². The van der Waals surface area contributed by atoms with Crippen LogP contribution in [0.4, 0.5) is 8.78 Å². The molecule has 1 aliphatic rings. The molecule has 204 valence electrons. The minimum absolute atomic E-state index is 0.0512. The summed E-state index contributed by atoms with van der Waals surface area (Å²) in [5.74, 6) is -1.66. The molecule has 1 atom stereocenters. The van der Waals surface area contributed by atoms with Crippen LogP contribution in [0.1, 0.15) is 29.7 Å². The monoisotopic (exact) mass is 562 g/mol. The summed E-state index contributed by atoms with van der Waals surface area (Å²) in [6.07, 6.45) is 1.71. The number of hydrogen-bond acceptors (Lipinski definition) is 7. The largest absolute Gasteiger partial charge is 0.496 e. The standard InChI is InChI=1S/C30H24F2N2O5S/c1-17-26(29(36)38-3)27(19-7-5-4-6-8-19)34-28(35)25(40-30(34)33-17)14-18-9-11-23(37-2)20(13-18)16-39-24-12-10-21(31)15-22(24)32/h4-15,27H,16H2,1-3H3/b25-14-. The zero-order valence-electron chi connectivity index (χ0n) is 21.8. The normalized spacial score (nSPS) is 14.9. The maximum Gasteiger partial charge on any atom is 0.338 e. The number of methoxy groups -OCH3 is 2. The van der Waals surface area contributed by atoms with Crippen molar-refractivity contribution in [1.29, 1.82) is 0 Å². The lowest BCUT2D eigenvalue weighted by molar-refractivity contribution is -0.136. The van der Waals surface area contributed by atoms with Gasteiger partial charge in [0, 0.05) is 11.6 Å². The van der Waals surface area contributed by atoms with E-state index >= 15 is 0 Å². The van der Waals surface area contributed by atoms with Crippen LogP contribution in [-0.2, 0) is 16.1 Å². The summed E-state index contributed by atoms with van der Waals surface area (Å²) < 4.78 is 45.3. The second-order valence-electron chi connectivity index (χ2n) is 8.92. The van der Waals surface area contributed by atoms with Crippen molar-refractivity contribution < 1.29 is 27.8 Å². The molecule has 0 N–H and O–H groups in total. The second-order valence-corrected chi connectivity index (χ2v) is 9.93. The van der Waals surface area contributed by atoms with E-state index in [1.807, 2.05) is 30.3 Å². The first kappa shape index (κ1) is 27.0. The number of allylic oxidation sites excluding steroid dienone is 1. The van der Waals surface area contributed by atoms with Gasteiger partial charge in [0.1, 0.15) is 18.2 Å². The van der Waals surface area contributed by atoms with E-state index in [1.54, 1.807) is 31.2 Å². The lowest BCUT2D eigenvalue weighted by atomic mass is 9.96. The van der Waals surface area contributed by atoms with Crippen LogP contribution in [0.2, 0.25) is 0 Å². The van der Waals surface area contributed by atoms with E-state index in [2.05, 4.69) is 4.99 Å². The van der Waals surface area contributed by atoms with Gasteiger partial charge in [0.25, 0.3) is 5.56 Å². The molecule has 7 nitrogen and oxygen atoms in total. The number of benzene rings is 3. The van der Waals surface area contributed by atoms with Crippen molar-refractivity contribution in [3.8, 4) is 11.5 Å². The Bertz CT molecular complexity index is 1810.